The van der Waals surface area contributed by atoms with Gasteiger partial charge in [0.15, 0.2) is 0 Å². The van der Waals surface area contributed by atoms with Gasteiger partial charge in [-0.3, -0.25) is 20.0 Å². The molecule has 1 saturated heterocycles. The van der Waals surface area contributed by atoms with Crippen molar-refractivity contribution >= 4 is 17.6 Å². The summed E-state index contributed by atoms with van der Waals surface area (Å²) < 4.78 is 0. The van der Waals surface area contributed by atoms with Crippen LogP contribution < -0.4 is 10.4 Å². The van der Waals surface area contributed by atoms with Crippen molar-refractivity contribution in [2.75, 3.05) is 11.6 Å². The average molecular weight is 260 g/mol. The number of para-hydroxylation sites is 1. The van der Waals surface area contributed by atoms with Crippen LogP contribution >= 0.6 is 0 Å². The fraction of sp³-hybridized carbons (Fsp3) is 0.429. The van der Waals surface area contributed by atoms with Crippen LogP contribution in [-0.2, 0) is 15.0 Å². The highest BCUT2D eigenvalue weighted by Gasteiger charge is 2.47. The Kier molecular flexibility index (Phi) is 2.69. The lowest BCUT2D eigenvalue weighted by Crippen LogP contribution is -2.44. The number of hydrogen-bond donors (Lipinski definition) is 2. The fourth-order valence-corrected chi connectivity index (χ4v) is 2.90. The molecule has 1 heterocycles. The third-order valence-electron chi connectivity index (χ3n) is 4.15. The Bertz CT molecular complexity index is 537. The van der Waals surface area contributed by atoms with Gasteiger partial charge in [-0.1, -0.05) is 24.6 Å². The number of nitrogens with zero attached hydrogens (tertiary/aromatic N) is 1. The molecule has 1 aromatic carbocycles. The first-order valence-electron chi connectivity index (χ1n) is 6.53. The van der Waals surface area contributed by atoms with Crippen LogP contribution in [0.4, 0.5) is 5.69 Å². The molecule has 0 radical (unpaired) electrons. The van der Waals surface area contributed by atoms with Crippen LogP contribution in [-0.4, -0.2) is 23.5 Å². The minimum absolute atomic E-state index is 0.0206. The molecule has 2 fully saturated rings. The van der Waals surface area contributed by atoms with Crippen molar-refractivity contribution in [2.24, 2.45) is 0 Å². The van der Waals surface area contributed by atoms with E-state index in [2.05, 4.69) is 5.43 Å². The molecule has 2 aliphatic rings. The molecule has 0 unspecified atom stereocenters. The summed E-state index contributed by atoms with van der Waals surface area (Å²) in [6, 6.07) is 7.48. The van der Waals surface area contributed by atoms with Gasteiger partial charge in [0.2, 0.25) is 5.91 Å². The van der Waals surface area contributed by atoms with Crippen LogP contribution in [0.5, 0.6) is 0 Å². The molecule has 5 nitrogen and oxygen atoms in total. The maximum Gasteiger partial charge on any atom is 0.314 e. The molecule has 0 atom stereocenters. The first kappa shape index (κ1) is 12.0. The number of rotatable bonds is 3. The Morgan fingerprint density at radius 2 is 2.05 bits per heavy atom. The SMILES string of the molecule is O=C1CCN(c2ccccc2C2(C(=O)O)CCC2)N1. The number of carbonyl (C=O) groups is 2. The van der Waals surface area contributed by atoms with Crippen molar-refractivity contribution in [1.29, 1.82) is 0 Å². The van der Waals surface area contributed by atoms with Gasteiger partial charge in [0.1, 0.15) is 0 Å². The minimum atomic E-state index is -0.774. The number of hydrazine groups is 1. The zero-order valence-electron chi connectivity index (χ0n) is 10.6. The molecule has 19 heavy (non-hydrogen) atoms. The largest absolute Gasteiger partial charge is 0.481 e. The van der Waals surface area contributed by atoms with E-state index in [4.69, 9.17) is 0 Å². The summed E-state index contributed by atoms with van der Waals surface area (Å²) in [7, 11) is 0. The molecular weight excluding hydrogens is 244 g/mol. The predicted molar refractivity (Wildman–Crippen MR) is 69.7 cm³/mol. The van der Waals surface area contributed by atoms with E-state index in [-0.39, 0.29) is 5.91 Å². The van der Waals surface area contributed by atoms with Crippen molar-refractivity contribution in [3.8, 4) is 0 Å². The van der Waals surface area contributed by atoms with Gasteiger partial charge in [0, 0.05) is 13.0 Å². The Labute approximate surface area is 111 Å². The van der Waals surface area contributed by atoms with Crippen LogP contribution in [0.1, 0.15) is 31.2 Å². The van der Waals surface area contributed by atoms with Gasteiger partial charge >= 0.3 is 5.97 Å². The summed E-state index contributed by atoms with van der Waals surface area (Å²) in [6.45, 7) is 0.589. The molecule has 1 aromatic rings. The maximum atomic E-state index is 11.6. The first-order chi connectivity index (χ1) is 9.13. The number of carboxylic acid groups (broad SMARTS) is 1. The molecule has 1 saturated carbocycles. The monoisotopic (exact) mass is 260 g/mol. The summed E-state index contributed by atoms with van der Waals surface area (Å²) in [4.78, 5) is 23.0. The van der Waals surface area contributed by atoms with Crippen molar-refractivity contribution in [3.05, 3.63) is 29.8 Å². The molecule has 0 aromatic heterocycles. The van der Waals surface area contributed by atoms with Gasteiger partial charge in [-0.2, -0.15) is 0 Å². The average Bonchev–Trinajstić information content (AvgIpc) is 2.74. The van der Waals surface area contributed by atoms with E-state index in [0.717, 1.165) is 17.7 Å². The van der Waals surface area contributed by atoms with E-state index < -0.39 is 11.4 Å². The van der Waals surface area contributed by atoms with Crippen LogP contribution in [0.2, 0.25) is 0 Å². The number of amides is 1. The molecule has 100 valence electrons. The molecule has 1 aliphatic heterocycles. The minimum Gasteiger partial charge on any atom is -0.481 e. The molecule has 0 bridgehead atoms. The van der Waals surface area contributed by atoms with Crippen molar-refractivity contribution in [2.45, 2.75) is 31.1 Å². The number of benzene rings is 1. The van der Waals surface area contributed by atoms with E-state index in [9.17, 15) is 14.7 Å². The van der Waals surface area contributed by atoms with Gasteiger partial charge in [-0.15, -0.1) is 0 Å². The smallest absolute Gasteiger partial charge is 0.314 e. The zero-order chi connectivity index (χ0) is 13.5. The fourth-order valence-electron chi connectivity index (χ4n) is 2.90. The van der Waals surface area contributed by atoms with Crippen LogP contribution in [0.3, 0.4) is 0 Å². The number of carbonyl (C=O) groups excluding carboxylic acids is 1. The standard InChI is InChI=1S/C14H16N2O3/c17-12-6-9-16(15-12)11-5-2-1-4-10(11)14(13(18)19)7-3-8-14/h1-2,4-5H,3,6-9H2,(H,15,17)(H,18,19). The second-order valence-corrected chi connectivity index (χ2v) is 5.19. The highest BCUT2D eigenvalue weighted by atomic mass is 16.4. The van der Waals surface area contributed by atoms with E-state index in [1.807, 2.05) is 24.3 Å². The quantitative estimate of drug-likeness (QED) is 0.862. The summed E-state index contributed by atoms with van der Waals surface area (Å²) in [5.41, 5.74) is 3.63. The highest BCUT2D eigenvalue weighted by Crippen LogP contribution is 2.47. The Morgan fingerprint density at radius 1 is 1.32 bits per heavy atom. The summed E-state index contributed by atoms with van der Waals surface area (Å²) in [6.07, 6.45) is 2.73. The summed E-state index contributed by atoms with van der Waals surface area (Å²) in [5, 5.41) is 11.3. The van der Waals surface area contributed by atoms with Gasteiger partial charge < -0.3 is 5.11 Å². The van der Waals surface area contributed by atoms with Gasteiger partial charge in [0.25, 0.3) is 0 Å². The van der Waals surface area contributed by atoms with Gasteiger partial charge in [-0.05, 0) is 24.5 Å². The van der Waals surface area contributed by atoms with Crippen LogP contribution in [0.15, 0.2) is 24.3 Å². The van der Waals surface area contributed by atoms with Crippen molar-refractivity contribution < 1.29 is 14.7 Å². The number of nitrogens with one attached hydrogen (secondary N) is 1. The number of anilines is 1. The van der Waals surface area contributed by atoms with Gasteiger partial charge in [0.05, 0.1) is 11.1 Å². The maximum absolute atomic E-state index is 11.6. The molecule has 0 spiro atoms. The number of carboxylic acids is 1. The summed E-state index contributed by atoms with van der Waals surface area (Å²) in [5.74, 6) is -0.787. The lowest BCUT2D eigenvalue weighted by atomic mass is 9.64. The molecule has 5 heteroatoms. The predicted octanol–water partition coefficient (Wildman–Crippen LogP) is 1.43. The van der Waals surface area contributed by atoms with E-state index in [0.29, 0.717) is 25.8 Å². The van der Waals surface area contributed by atoms with Crippen LogP contribution in [0, 0.1) is 0 Å². The van der Waals surface area contributed by atoms with E-state index >= 15 is 0 Å². The number of hydrogen-bond acceptors (Lipinski definition) is 3. The lowest BCUT2D eigenvalue weighted by molar-refractivity contribution is -0.147. The molecule has 1 aliphatic carbocycles. The molecule has 3 rings (SSSR count). The second-order valence-electron chi connectivity index (χ2n) is 5.19. The van der Waals surface area contributed by atoms with Crippen molar-refractivity contribution in [3.63, 3.8) is 0 Å². The van der Waals surface area contributed by atoms with Crippen LogP contribution in [0.25, 0.3) is 0 Å². The third kappa shape index (κ3) is 1.77. The Morgan fingerprint density at radius 3 is 2.58 bits per heavy atom. The van der Waals surface area contributed by atoms with E-state index in [1.165, 1.54) is 0 Å². The Balaban J connectivity index is 2.02. The molecular formula is C14H16N2O3. The molecule has 2 N–H and O–H groups in total. The van der Waals surface area contributed by atoms with Gasteiger partial charge in [-0.25, -0.2) is 0 Å². The Hall–Kier alpha value is -2.04. The molecule has 1 amide bonds. The number of aliphatic carboxylic acids is 1. The lowest BCUT2D eigenvalue weighted by Gasteiger charge is -2.40. The van der Waals surface area contributed by atoms with Crippen molar-refractivity contribution in [1.82, 2.24) is 5.43 Å². The summed E-state index contributed by atoms with van der Waals surface area (Å²) >= 11 is 0. The second kappa shape index (κ2) is 4.26. The highest BCUT2D eigenvalue weighted by molar-refractivity contribution is 5.87. The third-order valence-corrected chi connectivity index (χ3v) is 4.15. The van der Waals surface area contributed by atoms with E-state index in [1.54, 1.807) is 5.01 Å². The first-order valence-corrected chi connectivity index (χ1v) is 6.53. The normalized spacial score (nSPS) is 20.8. The topological polar surface area (TPSA) is 69.6 Å². The zero-order valence-corrected chi connectivity index (χ0v) is 10.6.